The molecule has 0 atom stereocenters. The number of nitrogens with zero attached hydrogens (tertiary/aromatic N) is 4. The van der Waals surface area contributed by atoms with Crippen LogP contribution in [0.3, 0.4) is 0 Å². The van der Waals surface area contributed by atoms with Crippen LogP contribution in [-0.2, 0) is 0 Å². The Balaban J connectivity index is 1.21. The van der Waals surface area contributed by atoms with Crippen molar-refractivity contribution in [3.05, 3.63) is 158 Å². The van der Waals surface area contributed by atoms with Crippen molar-refractivity contribution in [3.63, 3.8) is 0 Å². The minimum Gasteiger partial charge on any atom is -0.455 e. The number of para-hydroxylation sites is 2. The van der Waals surface area contributed by atoms with Crippen LogP contribution in [0.4, 0.5) is 0 Å². The molecule has 0 bridgehead atoms. The average Bonchev–Trinajstić information content (AvgIpc) is 3.77. The van der Waals surface area contributed by atoms with Crippen molar-refractivity contribution < 1.29 is 8.83 Å². The maximum Gasteiger partial charge on any atom is 0.180 e. The van der Waals surface area contributed by atoms with Gasteiger partial charge in [-0.25, -0.2) is 19.9 Å². The summed E-state index contributed by atoms with van der Waals surface area (Å²) in [7, 11) is 0. The van der Waals surface area contributed by atoms with E-state index >= 15 is 0 Å². The molecule has 10 rings (SSSR count). The summed E-state index contributed by atoms with van der Waals surface area (Å²) < 4.78 is 13.1. The van der Waals surface area contributed by atoms with Crippen molar-refractivity contribution >= 4 is 44.0 Å². The van der Waals surface area contributed by atoms with Crippen LogP contribution in [0.2, 0.25) is 0 Å². The molecular weight excluding hydrogens is 617 g/mol. The van der Waals surface area contributed by atoms with Gasteiger partial charge in [0.25, 0.3) is 0 Å². The summed E-state index contributed by atoms with van der Waals surface area (Å²) in [5.74, 6) is 1.25. The molecule has 0 N–H and O–H groups in total. The lowest BCUT2D eigenvalue weighted by Gasteiger charge is -2.10. The van der Waals surface area contributed by atoms with E-state index in [1.54, 1.807) is 0 Å². The summed E-state index contributed by atoms with van der Waals surface area (Å²) in [5, 5.41) is 2.84. The van der Waals surface area contributed by atoms with Crippen molar-refractivity contribution in [1.82, 2.24) is 19.9 Å². The van der Waals surface area contributed by atoms with E-state index in [0.717, 1.165) is 83.3 Å². The lowest BCUT2D eigenvalue weighted by Crippen LogP contribution is -1.96. The fourth-order valence-electron chi connectivity index (χ4n) is 6.80. The number of fused-ring (bicyclic) bond motifs is 6. The van der Waals surface area contributed by atoms with Crippen LogP contribution in [0.15, 0.2) is 167 Å². The van der Waals surface area contributed by atoms with Gasteiger partial charge in [0.2, 0.25) is 0 Å². The molecule has 50 heavy (non-hydrogen) atoms. The molecule has 0 fully saturated rings. The molecule has 10 aromatic rings. The van der Waals surface area contributed by atoms with E-state index in [-0.39, 0.29) is 0 Å². The Morgan fingerprint density at radius 2 is 0.980 bits per heavy atom. The quantitative estimate of drug-likeness (QED) is 0.186. The van der Waals surface area contributed by atoms with Gasteiger partial charge in [-0.2, -0.15) is 0 Å². The third-order valence-corrected chi connectivity index (χ3v) is 9.13. The van der Waals surface area contributed by atoms with Crippen LogP contribution >= 0.6 is 0 Å². The molecule has 0 amide bonds. The third kappa shape index (κ3) is 4.58. The fraction of sp³-hybridized carbons (Fsp3) is 0. The molecule has 0 saturated heterocycles. The van der Waals surface area contributed by atoms with Crippen LogP contribution in [0, 0.1) is 0 Å². The zero-order valence-corrected chi connectivity index (χ0v) is 26.6. The van der Waals surface area contributed by atoms with Gasteiger partial charge in [-0.1, -0.05) is 127 Å². The van der Waals surface area contributed by atoms with Gasteiger partial charge < -0.3 is 8.83 Å². The van der Waals surface area contributed by atoms with Gasteiger partial charge in [-0.3, -0.25) is 0 Å². The Morgan fingerprint density at radius 3 is 1.78 bits per heavy atom. The van der Waals surface area contributed by atoms with E-state index < -0.39 is 0 Å². The zero-order valence-electron chi connectivity index (χ0n) is 26.6. The van der Waals surface area contributed by atoms with Crippen LogP contribution in [-0.4, -0.2) is 19.9 Å². The van der Waals surface area contributed by atoms with Gasteiger partial charge in [0.05, 0.1) is 11.4 Å². The molecular formula is C44H26N4O2. The highest BCUT2D eigenvalue weighted by Crippen LogP contribution is 2.42. The first-order valence-corrected chi connectivity index (χ1v) is 16.5. The average molecular weight is 643 g/mol. The highest BCUT2D eigenvalue weighted by molar-refractivity contribution is 6.15. The van der Waals surface area contributed by atoms with Gasteiger partial charge in [-0.05, 0) is 30.3 Å². The monoisotopic (exact) mass is 642 g/mol. The van der Waals surface area contributed by atoms with Gasteiger partial charge in [0.15, 0.2) is 17.2 Å². The molecule has 6 heteroatoms. The van der Waals surface area contributed by atoms with Gasteiger partial charge in [0, 0.05) is 44.0 Å². The molecule has 234 valence electrons. The second-order valence-corrected chi connectivity index (χ2v) is 12.2. The largest absolute Gasteiger partial charge is 0.455 e. The Kier molecular flexibility index (Phi) is 6.39. The molecule has 0 aliphatic heterocycles. The maximum absolute atomic E-state index is 6.71. The number of aromatic nitrogens is 4. The molecule has 4 aromatic heterocycles. The SMILES string of the molecule is c1ccc(-c2cc(-c3cccc4c3oc3cccc(-c5nc(-c6ccccc6)c6oc7ccccc7c6n5)c34)nc(-c3ccccc3)n2)cc1. The minimum absolute atomic E-state index is 0.598. The molecule has 6 nitrogen and oxygen atoms in total. The van der Waals surface area contributed by atoms with Crippen LogP contribution in [0.1, 0.15) is 0 Å². The second-order valence-electron chi connectivity index (χ2n) is 12.2. The number of hydrogen-bond acceptors (Lipinski definition) is 6. The molecule has 4 heterocycles. The lowest BCUT2D eigenvalue weighted by atomic mass is 10.0. The predicted molar refractivity (Wildman–Crippen MR) is 199 cm³/mol. The summed E-state index contributed by atoms with van der Waals surface area (Å²) in [5.41, 5.74) is 10.7. The predicted octanol–water partition coefficient (Wildman–Crippen LogP) is 11.4. The molecule has 0 aliphatic carbocycles. The summed E-state index contributed by atoms with van der Waals surface area (Å²) >= 11 is 0. The molecule has 6 aromatic carbocycles. The number of furan rings is 2. The first-order chi connectivity index (χ1) is 24.8. The topological polar surface area (TPSA) is 77.8 Å². The molecule has 0 saturated carbocycles. The van der Waals surface area contributed by atoms with Crippen LogP contribution < -0.4 is 0 Å². The van der Waals surface area contributed by atoms with Crippen molar-refractivity contribution in [2.75, 3.05) is 0 Å². The van der Waals surface area contributed by atoms with Crippen molar-refractivity contribution in [3.8, 4) is 56.5 Å². The normalized spacial score (nSPS) is 11.6. The van der Waals surface area contributed by atoms with E-state index in [4.69, 9.17) is 28.8 Å². The zero-order chi connectivity index (χ0) is 33.0. The summed E-state index contributed by atoms with van der Waals surface area (Å²) in [6.07, 6.45) is 0. The first-order valence-electron chi connectivity index (χ1n) is 16.5. The summed E-state index contributed by atoms with van der Waals surface area (Å²) in [6.45, 7) is 0. The van der Waals surface area contributed by atoms with Crippen LogP contribution in [0.5, 0.6) is 0 Å². The summed E-state index contributed by atoms with van der Waals surface area (Å²) in [6, 6.07) is 52.7. The minimum atomic E-state index is 0.598. The lowest BCUT2D eigenvalue weighted by molar-refractivity contribution is 0.667. The van der Waals surface area contributed by atoms with E-state index in [2.05, 4.69) is 36.4 Å². The molecule has 0 unspecified atom stereocenters. The second kappa shape index (κ2) is 11.4. The van der Waals surface area contributed by atoms with E-state index in [9.17, 15) is 0 Å². The van der Waals surface area contributed by atoms with Crippen molar-refractivity contribution in [2.24, 2.45) is 0 Å². The van der Waals surface area contributed by atoms with Crippen molar-refractivity contribution in [1.29, 1.82) is 0 Å². The standard InChI is InChI=1S/C44H26N4O2/c1-4-14-27(15-5-1)34-26-35(46-43(45-34)29-18-8-3-9-19-29)30-21-12-22-32-38-33(23-13-25-37(38)50-41(30)32)44-47-39(28-16-6-2-7-17-28)42-40(48-44)31-20-10-11-24-36(31)49-42/h1-26H. The van der Waals surface area contributed by atoms with Crippen LogP contribution in [0.25, 0.3) is 101 Å². The van der Waals surface area contributed by atoms with E-state index in [0.29, 0.717) is 17.2 Å². The third-order valence-electron chi connectivity index (χ3n) is 9.13. The fourth-order valence-corrected chi connectivity index (χ4v) is 6.80. The van der Waals surface area contributed by atoms with Gasteiger partial charge in [-0.15, -0.1) is 0 Å². The summed E-state index contributed by atoms with van der Waals surface area (Å²) in [4.78, 5) is 20.4. The first kappa shape index (κ1) is 28.1. The molecule has 0 radical (unpaired) electrons. The molecule has 0 spiro atoms. The number of rotatable bonds is 5. The van der Waals surface area contributed by atoms with E-state index in [1.165, 1.54) is 0 Å². The highest BCUT2D eigenvalue weighted by Gasteiger charge is 2.22. The highest BCUT2D eigenvalue weighted by atomic mass is 16.3. The Labute approximate surface area is 286 Å². The van der Waals surface area contributed by atoms with Crippen molar-refractivity contribution in [2.45, 2.75) is 0 Å². The van der Waals surface area contributed by atoms with Gasteiger partial charge in [0.1, 0.15) is 28.0 Å². The van der Waals surface area contributed by atoms with Gasteiger partial charge >= 0.3 is 0 Å². The maximum atomic E-state index is 6.71. The molecule has 0 aliphatic rings. The number of hydrogen-bond donors (Lipinski definition) is 0. The number of benzene rings is 6. The Bertz CT molecular complexity index is 2800. The smallest absolute Gasteiger partial charge is 0.180 e. The van der Waals surface area contributed by atoms with E-state index in [1.807, 2.05) is 121 Å². The Morgan fingerprint density at radius 1 is 0.380 bits per heavy atom. The Hall–Kier alpha value is -6.92.